The molecule has 1 unspecified atom stereocenters. The third kappa shape index (κ3) is 1.95. The zero-order chi connectivity index (χ0) is 15.3. The highest BCUT2D eigenvalue weighted by Gasteiger charge is 2.42. The van der Waals surface area contributed by atoms with Crippen molar-refractivity contribution in [2.45, 2.75) is 18.7 Å². The second kappa shape index (κ2) is 4.26. The largest absolute Gasteiger partial charge is 0.468 e. The standard InChI is InChI=1S/C16H10F3NO/c1-15(9-20)11-6-3-2-5-10(11)14-12(16(17,18)19)7-4-8-13(14)21-15/h2-8H,1H3. The summed E-state index contributed by atoms with van der Waals surface area (Å²) >= 11 is 0. The van der Waals surface area contributed by atoms with Crippen molar-refractivity contribution in [2.75, 3.05) is 0 Å². The molecule has 1 aliphatic heterocycles. The molecule has 21 heavy (non-hydrogen) atoms. The van der Waals surface area contributed by atoms with E-state index in [2.05, 4.69) is 0 Å². The van der Waals surface area contributed by atoms with E-state index in [0.29, 0.717) is 11.1 Å². The summed E-state index contributed by atoms with van der Waals surface area (Å²) in [7, 11) is 0. The molecule has 0 bridgehead atoms. The van der Waals surface area contributed by atoms with Crippen molar-refractivity contribution in [3.63, 3.8) is 0 Å². The third-order valence-electron chi connectivity index (χ3n) is 3.57. The number of nitrogens with zero attached hydrogens (tertiary/aromatic N) is 1. The maximum absolute atomic E-state index is 13.2. The van der Waals surface area contributed by atoms with Crippen LogP contribution in [0.25, 0.3) is 11.1 Å². The Labute approximate surface area is 119 Å². The SMILES string of the molecule is CC1(C#N)Oc2cccc(C(F)(F)F)c2-c2ccccc21. The summed E-state index contributed by atoms with van der Waals surface area (Å²) < 4.78 is 45.2. The minimum absolute atomic E-state index is 0.00618. The summed E-state index contributed by atoms with van der Waals surface area (Å²) in [4.78, 5) is 0. The van der Waals surface area contributed by atoms with Crippen molar-refractivity contribution >= 4 is 0 Å². The van der Waals surface area contributed by atoms with Crippen LogP contribution in [0.5, 0.6) is 5.75 Å². The van der Waals surface area contributed by atoms with Crippen molar-refractivity contribution in [1.82, 2.24) is 0 Å². The van der Waals surface area contributed by atoms with E-state index in [9.17, 15) is 18.4 Å². The molecule has 2 aromatic rings. The second-order valence-corrected chi connectivity index (χ2v) is 4.97. The van der Waals surface area contributed by atoms with Crippen molar-refractivity contribution < 1.29 is 17.9 Å². The molecule has 0 N–H and O–H groups in total. The first-order valence-corrected chi connectivity index (χ1v) is 6.27. The molecule has 106 valence electrons. The first-order chi connectivity index (χ1) is 9.87. The number of alkyl halides is 3. The molecule has 0 aromatic heterocycles. The average Bonchev–Trinajstić information content (AvgIpc) is 2.46. The first kappa shape index (κ1) is 13.5. The summed E-state index contributed by atoms with van der Waals surface area (Å²) in [6, 6.07) is 12.3. The van der Waals surface area contributed by atoms with Crippen LogP contribution in [0.3, 0.4) is 0 Å². The summed E-state index contributed by atoms with van der Waals surface area (Å²) in [5, 5.41) is 9.35. The minimum atomic E-state index is -4.48. The smallest absolute Gasteiger partial charge is 0.417 e. The zero-order valence-corrected chi connectivity index (χ0v) is 11.0. The molecule has 1 atom stereocenters. The number of rotatable bonds is 0. The van der Waals surface area contributed by atoms with Gasteiger partial charge in [-0.3, -0.25) is 0 Å². The number of hydrogen-bond acceptors (Lipinski definition) is 2. The highest BCUT2D eigenvalue weighted by molar-refractivity contribution is 5.80. The first-order valence-electron chi connectivity index (χ1n) is 6.27. The van der Waals surface area contributed by atoms with Gasteiger partial charge in [-0.15, -0.1) is 0 Å². The Morgan fingerprint density at radius 2 is 1.81 bits per heavy atom. The Morgan fingerprint density at radius 1 is 1.10 bits per heavy atom. The molecule has 0 amide bonds. The monoisotopic (exact) mass is 289 g/mol. The lowest BCUT2D eigenvalue weighted by atomic mass is 9.84. The van der Waals surface area contributed by atoms with Gasteiger partial charge in [0.1, 0.15) is 11.8 Å². The fourth-order valence-electron chi connectivity index (χ4n) is 2.61. The Kier molecular flexibility index (Phi) is 2.74. The molecule has 2 aromatic carbocycles. The van der Waals surface area contributed by atoms with Crippen LogP contribution in [-0.2, 0) is 11.8 Å². The second-order valence-electron chi connectivity index (χ2n) is 4.97. The van der Waals surface area contributed by atoms with Crippen LogP contribution in [0.2, 0.25) is 0 Å². The van der Waals surface area contributed by atoms with Crippen LogP contribution in [0, 0.1) is 11.3 Å². The molecule has 2 nitrogen and oxygen atoms in total. The van der Waals surface area contributed by atoms with E-state index >= 15 is 0 Å². The Morgan fingerprint density at radius 3 is 2.48 bits per heavy atom. The van der Waals surface area contributed by atoms with Gasteiger partial charge < -0.3 is 4.74 Å². The molecular formula is C16H10F3NO. The van der Waals surface area contributed by atoms with Crippen molar-refractivity contribution in [3.8, 4) is 22.9 Å². The van der Waals surface area contributed by atoms with Gasteiger partial charge >= 0.3 is 6.18 Å². The van der Waals surface area contributed by atoms with Gasteiger partial charge in [0.25, 0.3) is 0 Å². The van der Waals surface area contributed by atoms with Crippen LogP contribution in [0.1, 0.15) is 18.1 Å². The lowest BCUT2D eigenvalue weighted by molar-refractivity contribution is -0.137. The van der Waals surface area contributed by atoms with E-state index in [4.69, 9.17) is 4.74 Å². The van der Waals surface area contributed by atoms with E-state index in [1.807, 2.05) is 6.07 Å². The molecule has 0 spiro atoms. The average molecular weight is 289 g/mol. The number of hydrogen-bond donors (Lipinski definition) is 0. The Hall–Kier alpha value is -2.48. The molecule has 0 radical (unpaired) electrons. The summed E-state index contributed by atoms with van der Waals surface area (Å²) in [6.45, 7) is 1.55. The lowest BCUT2D eigenvalue weighted by Gasteiger charge is -2.33. The maximum Gasteiger partial charge on any atom is 0.417 e. The molecule has 1 aliphatic rings. The van der Waals surface area contributed by atoms with Crippen LogP contribution in [0.4, 0.5) is 13.2 Å². The van der Waals surface area contributed by atoms with Gasteiger partial charge in [0.05, 0.1) is 5.56 Å². The van der Waals surface area contributed by atoms with Crippen LogP contribution in [0.15, 0.2) is 42.5 Å². The van der Waals surface area contributed by atoms with Crippen LogP contribution in [-0.4, -0.2) is 0 Å². The van der Waals surface area contributed by atoms with Crippen molar-refractivity contribution in [3.05, 3.63) is 53.6 Å². The fraction of sp³-hybridized carbons (Fsp3) is 0.188. The molecular weight excluding hydrogens is 279 g/mol. The van der Waals surface area contributed by atoms with Crippen LogP contribution < -0.4 is 4.74 Å². The van der Waals surface area contributed by atoms with Gasteiger partial charge in [0.2, 0.25) is 5.60 Å². The summed E-state index contributed by atoms with van der Waals surface area (Å²) in [6.07, 6.45) is -4.48. The molecule has 0 saturated heterocycles. The molecule has 0 fully saturated rings. The number of nitriles is 1. The van der Waals surface area contributed by atoms with Gasteiger partial charge in [-0.25, -0.2) is 0 Å². The number of benzene rings is 2. The van der Waals surface area contributed by atoms with Crippen LogP contribution >= 0.6 is 0 Å². The molecule has 0 aliphatic carbocycles. The highest BCUT2D eigenvalue weighted by Crippen LogP contribution is 2.49. The Balaban J connectivity index is 2.37. The van der Waals surface area contributed by atoms with Gasteiger partial charge in [-0.05, 0) is 24.6 Å². The van der Waals surface area contributed by atoms with E-state index in [-0.39, 0.29) is 11.3 Å². The predicted molar refractivity (Wildman–Crippen MR) is 70.5 cm³/mol. The van der Waals surface area contributed by atoms with Crippen molar-refractivity contribution in [2.24, 2.45) is 0 Å². The molecule has 5 heteroatoms. The number of fused-ring (bicyclic) bond motifs is 3. The maximum atomic E-state index is 13.2. The third-order valence-corrected chi connectivity index (χ3v) is 3.57. The highest BCUT2D eigenvalue weighted by atomic mass is 19.4. The molecule has 3 rings (SSSR count). The molecule has 1 heterocycles. The number of ether oxygens (including phenoxy) is 1. The molecule has 0 saturated carbocycles. The fourth-order valence-corrected chi connectivity index (χ4v) is 2.61. The van der Waals surface area contributed by atoms with Gasteiger partial charge in [-0.1, -0.05) is 30.3 Å². The van der Waals surface area contributed by atoms with E-state index in [0.717, 1.165) is 6.07 Å². The van der Waals surface area contributed by atoms with Crippen molar-refractivity contribution in [1.29, 1.82) is 5.26 Å². The Bertz CT molecular complexity index is 761. The minimum Gasteiger partial charge on any atom is -0.468 e. The predicted octanol–water partition coefficient (Wildman–Crippen LogP) is 4.50. The lowest BCUT2D eigenvalue weighted by Crippen LogP contribution is -2.31. The summed E-state index contributed by atoms with van der Waals surface area (Å²) in [5.74, 6) is 0.0765. The van der Waals surface area contributed by atoms with E-state index in [1.165, 1.54) is 12.1 Å². The number of halogens is 3. The summed E-state index contributed by atoms with van der Waals surface area (Å²) in [5.41, 5.74) is -1.23. The van der Waals surface area contributed by atoms with E-state index < -0.39 is 17.3 Å². The normalized spacial score (nSPS) is 20.0. The van der Waals surface area contributed by atoms with Gasteiger partial charge in [-0.2, -0.15) is 18.4 Å². The van der Waals surface area contributed by atoms with E-state index in [1.54, 1.807) is 31.2 Å². The van der Waals surface area contributed by atoms with Gasteiger partial charge in [0.15, 0.2) is 0 Å². The quantitative estimate of drug-likeness (QED) is 0.715. The topological polar surface area (TPSA) is 33.0 Å². The zero-order valence-electron chi connectivity index (χ0n) is 11.0. The van der Waals surface area contributed by atoms with Gasteiger partial charge in [0, 0.05) is 11.1 Å².